The first kappa shape index (κ1) is 14.0. The number of rotatable bonds is 1. The molecule has 0 amide bonds. The molecule has 23 heavy (non-hydrogen) atoms. The molecule has 0 aliphatic rings. The summed E-state index contributed by atoms with van der Waals surface area (Å²) in [6.07, 6.45) is 1.67. The molecule has 0 atom stereocenters. The lowest BCUT2D eigenvalue weighted by Gasteiger charge is -2.06. The highest BCUT2D eigenvalue weighted by Crippen LogP contribution is 2.26. The molecule has 4 nitrogen and oxygen atoms in total. The molecule has 0 aliphatic carbocycles. The van der Waals surface area contributed by atoms with Gasteiger partial charge in [0.1, 0.15) is 5.82 Å². The van der Waals surface area contributed by atoms with Crippen LogP contribution in [0.3, 0.4) is 0 Å². The van der Waals surface area contributed by atoms with E-state index in [1.54, 1.807) is 13.2 Å². The zero-order valence-electron chi connectivity index (χ0n) is 12.1. The maximum atomic E-state index is 13.5. The minimum atomic E-state index is -0.518. The number of hydrogen-bond donors (Lipinski definition) is 0. The van der Waals surface area contributed by atoms with Gasteiger partial charge in [0.25, 0.3) is 0 Å². The Bertz CT molecular complexity index is 1130. The standard InChI is InChI=1S/C17H11ClFN3O/c1-21-15-9-20-14-5-3-2-4-11(14)16(15)22(17(21)23)10-6-7-13(19)12(18)8-10/h2-9H,1H3. The molecule has 4 aromatic rings. The van der Waals surface area contributed by atoms with Crippen LogP contribution in [-0.2, 0) is 7.05 Å². The van der Waals surface area contributed by atoms with Crippen LogP contribution in [0.1, 0.15) is 0 Å². The zero-order chi connectivity index (χ0) is 16.1. The Morgan fingerprint density at radius 1 is 1.17 bits per heavy atom. The molecule has 0 radical (unpaired) electrons. The summed E-state index contributed by atoms with van der Waals surface area (Å²) < 4.78 is 16.5. The Labute approximate surface area is 135 Å². The van der Waals surface area contributed by atoms with Gasteiger partial charge in [-0.2, -0.15) is 0 Å². The molecule has 2 aromatic heterocycles. The van der Waals surface area contributed by atoms with Crippen molar-refractivity contribution < 1.29 is 4.39 Å². The minimum absolute atomic E-state index is 0.0234. The Balaban J connectivity index is 2.21. The molecule has 0 saturated heterocycles. The third kappa shape index (κ3) is 1.97. The third-order valence-electron chi connectivity index (χ3n) is 3.95. The fraction of sp³-hybridized carbons (Fsp3) is 0.0588. The molecule has 0 spiro atoms. The van der Waals surface area contributed by atoms with Crippen LogP contribution in [-0.4, -0.2) is 14.1 Å². The molecule has 0 N–H and O–H groups in total. The van der Waals surface area contributed by atoms with E-state index in [1.807, 2.05) is 24.3 Å². The zero-order valence-corrected chi connectivity index (χ0v) is 12.9. The Hall–Kier alpha value is -2.66. The van der Waals surface area contributed by atoms with Gasteiger partial charge in [-0.1, -0.05) is 29.8 Å². The van der Waals surface area contributed by atoms with E-state index in [2.05, 4.69) is 4.98 Å². The van der Waals surface area contributed by atoms with Crippen LogP contribution >= 0.6 is 11.6 Å². The monoisotopic (exact) mass is 327 g/mol. The maximum absolute atomic E-state index is 13.5. The fourth-order valence-corrected chi connectivity index (χ4v) is 2.98. The minimum Gasteiger partial charge on any atom is -0.293 e. The van der Waals surface area contributed by atoms with Gasteiger partial charge in [0.05, 0.1) is 33.5 Å². The molecule has 0 fully saturated rings. The van der Waals surface area contributed by atoms with Gasteiger partial charge in [0.2, 0.25) is 0 Å². The fourth-order valence-electron chi connectivity index (χ4n) is 2.81. The number of benzene rings is 2. The summed E-state index contributed by atoms with van der Waals surface area (Å²) in [6, 6.07) is 11.8. The van der Waals surface area contributed by atoms with Crippen molar-refractivity contribution in [3.05, 3.63) is 70.0 Å². The number of imidazole rings is 1. The molecule has 2 heterocycles. The second kappa shape index (κ2) is 4.93. The summed E-state index contributed by atoms with van der Waals surface area (Å²) in [5.41, 5.74) is 2.50. The van der Waals surface area contributed by atoms with E-state index in [4.69, 9.17) is 11.6 Å². The highest BCUT2D eigenvalue weighted by atomic mass is 35.5. The lowest BCUT2D eigenvalue weighted by Crippen LogP contribution is -2.20. The van der Waals surface area contributed by atoms with Crippen LogP contribution in [0.5, 0.6) is 0 Å². The van der Waals surface area contributed by atoms with Crippen molar-refractivity contribution in [2.45, 2.75) is 0 Å². The van der Waals surface area contributed by atoms with Gasteiger partial charge in [0, 0.05) is 12.4 Å². The molecule has 2 aromatic carbocycles. The number of hydrogen-bond acceptors (Lipinski definition) is 2. The predicted octanol–water partition coefficient (Wildman–Crippen LogP) is 3.67. The summed E-state index contributed by atoms with van der Waals surface area (Å²) >= 11 is 5.88. The van der Waals surface area contributed by atoms with Crippen LogP contribution in [0.25, 0.3) is 27.6 Å². The number of nitrogens with zero attached hydrogens (tertiary/aromatic N) is 3. The summed E-state index contributed by atoms with van der Waals surface area (Å²) in [5, 5.41) is 0.827. The number of pyridine rings is 1. The van der Waals surface area contributed by atoms with Crippen LogP contribution < -0.4 is 5.69 Å². The lowest BCUT2D eigenvalue weighted by molar-refractivity contribution is 0.627. The smallest absolute Gasteiger partial charge is 0.293 e. The van der Waals surface area contributed by atoms with Crippen molar-refractivity contribution in [1.82, 2.24) is 14.1 Å². The van der Waals surface area contributed by atoms with Gasteiger partial charge in [-0.25, -0.2) is 9.18 Å². The molecule has 0 unspecified atom stereocenters. The van der Waals surface area contributed by atoms with Crippen molar-refractivity contribution in [2.75, 3.05) is 0 Å². The molecule has 0 aliphatic heterocycles. The van der Waals surface area contributed by atoms with E-state index in [0.717, 1.165) is 16.4 Å². The van der Waals surface area contributed by atoms with Gasteiger partial charge in [0.15, 0.2) is 0 Å². The normalized spacial score (nSPS) is 11.4. The van der Waals surface area contributed by atoms with E-state index in [-0.39, 0.29) is 10.7 Å². The van der Waals surface area contributed by atoms with Crippen molar-refractivity contribution in [1.29, 1.82) is 0 Å². The summed E-state index contributed by atoms with van der Waals surface area (Å²) in [4.78, 5) is 17.1. The van der Waals surface area contributed by atoms with Crippen LogP contribution in [0.4, 0.5) is 4.39 Å². The average Bonchev–Trinajstić information content (AvgIpc) is 2.82. The first-order chi connectivity index (χ1) is 11.1. The Morgan fingerprint density at radius 3 is 2.74 bits per heavy atom. The van der Waals surface area contributed by atoms with Crippen LogP contribution in [0.2, 0.25) is 5.02 Å². The summed E-state index contributed by atoms with van der Waals surface area (Å²) in [6.45, 7) is 0. The molecular weight excluding hydrogens is 317 g/mol. The van der Waals surface area contributed by atoms with Crippen molar-refractivity contribution in [3.8, 4) is 5.69 Å². The Morgan fingerprint density at radius 2 is 1.96 bits per heavy atom. The molecule has 4 rings (SSSR count). The van der Waals surface area contributed by atoms with Gasteiger partial charge in [-0.15, -0.1) is 0 Å². The molecular formula is C17H11ClFN3O. The van der Waals surface area contributed by atoms with Gasteiger partial charge < -0.3 is 0 Å². The summed E-state index contributed by atoms with van der Waals surface area (Å²) in [7, 11) is 1.68. The number of fused-ring (bicyclic) bond motifs is 3. The van der Waals surface area contributed by atoms with E-state index >= 15 is 0 Å². The molecule has 6 heteroatoms. The van der Waals surface area contributed by atoms with Crippen LogP contribution in [0, 0.1) is 5.82 Å². The average molecular weight is 328 g/mol. The van der Waals surface area contributed by atoms with E-state index < -0.39 is 5.82 Å². The molecule has 0 bridgehead atoms. The van der Waals surface area contributed by atoms with Crippen molar-refractivity contribution in [2.24, 2.45) is 7.05 Å². The van der Waals surface area contributed by atoms with E-state index in [9.17, 15) is 9.18 Å². The van der Waals surface area contributed by atoms with E-state index in [1.165, 1.54) is 27.3 Å². The second-order valence-electron chi connectivity index (χ2n) is 5.28. The highest BCUT2D eigenvalue weighted by molar-refractivity contribution is 6.30. The topological polar surface area (TPSA) is 39.8 Å². The predicted molar refractivity (Wildman–Crippen MR) is 88.8 cm³/mol. The number of halogens is 2. The number of aromatic nitrogens is 3. The van der Waals surface area contributed by atoms with Crippen molar-refractivity contribution in [3.63, 3.8) is 0 Å². The third-order valence-corrected chi connectivity index (χ3v) is 4.24. The summed E-state index contributed by atoms with van der Waals surface area (Å²) in [5.74, 6) is -0.518. The highest BCUT2D eigenvalue weighted by Gasteiger charge is 2.16. The quantitative estimate of drug-likeness (QED) is 0.535. The Kier molecular flexibility index (Phi) is 2.99. The van der Waals surface area contributed by atoms with Crippen LogP contribution in [0.15, 0.2) is 53.5 Å². The molecule has 0 saturated carbocycles. The number of aryl methyl sites for hydroxylation is 1. The number of para-hydroxylation sites is 1. The lowest BCUT2D eigenvalue weighted by atomic mass is 10.2. The van der Waals surface area contributed by atoms with Gasteiger partial charge >= 0.3 is 5.69 Å². The largest absolute Gasteiger partial charge is 0.333 e. The first-order valence-corrected chi connectivity index (χ1v) is 7.36. The van der Waals surface area contributed by atoms with Crippen molar-refractivity contribution >= 4 is 33.5 Å². The SMILES string of the molecule is Cn1c(=O)n(-c2ccc(F)c(Cl)c2)c2c3ccccc3ncc21. The first-order valence-electron chi connectivity index (χ1n) is 6.98. The van der Waals surface area contributed by atoms with Gasteiger partial charge in [-0.05, 0) is 24.3 Å². The second-order valence-corrected chi connectivity index (χ2v) is 5.69. The van der Waals surface area contributed by atoms with E-state index in [0.29, 0.717) is 11.2 Å². The maximum Gasteiger partial charge on any atom is 0.333 e. The molecule has 114 valence electrons. The van der Waals surface area contributed by atoms with Gasteiger partial charge in [-0.3, -0.25) is 14.1 Å².